The maximum atomic E-state index is 13.1. The number of amides is 1. The van der Waals surface area contributed by atoms with E-state index in [1.54, 1.807) is 28.8 Å². The van der Waals surface area contributed by atoms with Crippen molar-refractivity contribution in [2.75, 3.05) is 18.2 Å². The van der Waals surface area contributed by atoms with Gasteiger partial charge in [0.2, 0.25) is 0 Å². The standard InChI is InChI=1S/C25H28N4O7S/c1-15(2)11-12-28-24(32)18-7-5-6-8-19(18)27-25(28)37-14-22(30)36-16(3)23(31)26-20-13-17(29(33)34)9-10-21(20)35-4/h5-10,13,15-16H,11-12,14H2,1-4H3,(H,26,31). The number of nitrogens with one attached hydrogen (secondary N) is 1. The second-order valence-corrected chi connectivity index (χ2v) is 9.55. The van der Waals surface area contributed by atoms with Gasteiger partial charge in [-0.05, 0) is 37.5 Å². The van der Waals surface area contributed by atoms with E-state index in [0.717, 1.165) is 24.2 Å². The van der Waals surface area contributed by atoms with E-state index < -0.39 is 22.9 Å². The van der Waals surface area contributed by atoms with Crippen LogP contribution in [0.3, 0.4) is 0 Å². The summed E-state index contributed by atoms with van der Waals surface area (Å²) in [6.45, 7) is 5.95. The lowest BCUT2D eigenvalue weighted by Crippen LogP contribution is -2.31. The molecular weight excluding hydrogens is 500 g/mol. The normalized spacial score (nSPS) is 11.8. The van der Waals surface area contributed by atoms with Gasteiger partial charge in [0.15, 0.2) is 11.3 Å². The van der Waals surface area contributed by atoms with Gasteiger partial charge in [-0.3, -0.25) is 29.1 Å². The Hall–Kier alpha value is -3.93. The van der Waals surface area contributed by atoms with Crippen molar-refractivity contribution >= 4 is 45.9 Å². The van der Waals surface area contributed by atoms with E-state index in [0.29, 0.717) is 28.5 Å². The molecule has 0 aliphatic rings. The van der Waals surface area contributed by atoms with Crippen LogP contribution in [0.2, 0.25) is 0 Å². The molecule has 1 heterocycles. The van der Waals surface area contributed by atoms with E-state index in [1.165, 1.54) is 26.2 Å². The number of hydrogen-bond donors (Lipinski definition) is 1. The predicted molar refractivity (Wildman–Crippen MR) is 140 cm³/mol. The molecule has 3 aromatic rings. The van der Waals surface area contributed by atoms with Crippen molar-refractivity contribution in [2.24, 2.45) is 5.92 Å². The number of carbonyl (C=O) groups is 2. The summed E-state index contributed by atoms with van der Waals surface area (Å²) in [6, 6.07) is 10.8. The Morgan fingerprint density at radius 3 is 2.59 bits per heavy atom. The van der Waals surface area contributed by atoms with Crippen LogP contribution in [0.25, 0.3) is 10.9 Å². The summed E-state index contributed by atoms with van der Waals surface area (Å²) in [5, 5.41) is 14.4. The summed E-state index contributed by atoms with van der Waals surface area (Å²) in [5.41, 5.74) is 0.195. The number of carbonyl (C=O) groups excluding carboxylic acids is 2. The van der Waals surface area contributed by atoms with Crippen molar-refractivity contribution in [2.45, 2.75) is 45.0 Å². The van der Waals surface area contributed by atoms with Gasteiger partial charge in [-0.15, -0.1) is 0 Å². The van der Waals surface area contributed by atoms with Gasteiger partial charge in [-0.1, -0.05) is 37.7 Å². The Morgan fingerprint density at radius 1 is 1.19 bits per heavy atom. The molecule has 0 fully saturated rings. The molecule has 1 amide bonds. The van der Waals surface area contributed by atoms with Gasteiger partial charge in [0.1, 0.15) is 5.75 Å². The number of non-ortho nitro benzene ring substituents is 1. The molecule has 0 bridgehead atoms. The van der Waals surface area contributed by atoms with Crippen molar-refractivity contribution in [3.05, 3.63) is 62.9 Å². The molecule has 1 unspecified atom stereocenters. The highest BCUT2D eigenvalue weighted by atomic mass is 32.2. The number of nitrogens with zero attached hydrogens (tertiary/aromatic N) is 3. The van der Waals surface area contributed by atoms with E-state index in [2.05, 4.69) is 24.1 Å². The number of nitro groups is 1. The molecule has 1 aromatic heterocycles. The first-order chi connectivity index (χ1) is 17.6. The lowest BCUT2D eigenvalue weighted by atomic mass is 10.1. The number of aromatic nitrogens is 2. The molecule has 12 heteroatoms. The first-order valence-electron chi connectivity index (χ1n) is 11.6. The summed E-state index contributed by atoms with van der Waals surface area (Å²) in [6.07, 6.45) is -0.430. The first-order valence-corrected chi connectivity index (χ1v) is 12.5. The van der Waals surface area contributed by atoms with Crippen LogP contribution >= 0.6 is 11.8 Å². The Labute approximate surface area is 217 Å². The van der Waals surface area contributed by atoms with Crippen LogP contribution in [0.15, 0.2) is 52.4 Å². The lowest BCUT2D eigenvalue weighted by Gasteiger charge is -2.16. The van der Waals surface area contributed by atoms with E-state index in [4.69, 9.17) is 9.47 Å². The third kappa shape index (κ3) is 7.06. The van der Waals surface area contributed by atoms with Crippen LogP contribution < -0.4 is 15.6 Å². The fraction of sp³-hybridized carbons (Fsp3) is 0.360. The van der Waals surface area contributed by atoms with Crippen molar-refractivity contribution in [1.82, 2.24) is 9.55 Å². The van der Waals surface area contributed by atoms with Gasteiger partial charge >= 0.3 is 5.97 Å². The summed E-state index contributed by atoms with van der Waals surface area (Å²) in [7, 11) is 1.36. The van der Waals surface area contributed by atoms with E-state index in [-0.39, 0.29) is 28.4 Å². The van der Waals surface area contributed by atoms with Gasteiger partial charge in [-0.25, -0.2) is 4.98 Å². The molecular formula is C25H28N4O7S. The molecule has 0 aliphatic carbocycles. The van der Waals surface area contributed by atoms with E-state index >= 15 is 0 Å². The van der Waals surface area contributed by atoms with Crippen molar-refractivity contribution in [1.29, 1.82) is 0 Å². The maximum absolute atomic E-state index is 13.1. The van der Waals surface area contributed by atoms with Crippen molar-refractivity contribution in [3.8, 4) is 5.75 Å². The Balaban J connectivity index is 1.69. The van der Waals surface area contributed by atoms with Crippen LogP contribution in [-0.2, 0) is 20.9 Å². The number of anilines is 1. The van der Waals surface area contributed by atoms with Crippen LogP contribution in [0, 0.1) is 16.0 Å². The molecule has 0 spiro atoms. The Kier molecular flexibility index (Phi) is 9.23. The van der Waals surface area contributed by atoms with E-state index in [1.807, 2.05) is 0 Å². The molecule has 0 saturated heterocycles. The molecule has 0 aliphatic heterocycles. The van der Waals surface area contributed by atoms with Crippen LogP contribution in [0.1, 0.15) is 27.2 Å². The van der Waals surface area contributed by atoms with Gasteiger partial charge < -0.3 is 14.8 Å². The number of rotatable bonds is 11. The third-order valence-electron chi connectivity index (χ3n) is 5.40. The fourth-order valence-electron chi connectivity index (χ4n) is 3.39. The zero-order valence-electron chi connectivity index (χ0n) is 20.9. The molecule has 0 radical (unpaired) electrons. The second kappa shape index (κ2) is 12.3. The monoisotopic (exact) mass is 528 g/mol. The quantitative estimate of drug-likeness (QED) is 0.128. The minimum Gasteiger partial charge on any atom is -0.495 e. The Morgan fingerprint density at radius 2 is 1.92 bits per heavy atom. The second-order valence-electron chi connectivity index (χ2n) is 8.60. The molecule has 11 nitrogen and oxygen atoms in total. The minimum absolute atomic E-state index is 0.0773. The number of benzene rings is 2. The zero-order chi connectivity index (χ0) is 27.1. The SMILES string of the molecule is COc1ccc([N+](=O)[O-])cc1NC(=O)C(C)OC(=O)CSc1nc2ccccc2c(=O)n1CCC(C)C. The smallest absolute Gasteiger partial charge is 0.317 e. The van der Waals surface area contributed by atoms with Crippen molar-refractivity contribution in [3.63, 3.8) is 0 Å². The molecule has 3 rings (SSSR count). The van der Waals surface area contributed by atoms with Gasteiger partial charge in [-0.2, -0.15) is 0 Å². The zero-order valence-corrected chi connectivity index (χ0v) is 21.7. The molecule has 196 valence electrons. The average molecular weight is 529 g/mol. The molecule has 1 N–H and O–H groups in total. The summed E-state index contributed by atoms with van der Waals surface area (Å²) < 4.78 is 11.9. The number of para-hydroxylation sites is 1. The summed E-state index contributed by atoms with van der Waals surface area (Å²) >= 11 is 1.06. The molecule has 0 saturated carbocycles. The number of thioether (sulfide) groups is 1. The molecule has 37 heavy (non-hydrogen) atoms. The van der Waals surface area contributed by atoms with Crippen LogP contribution in [0.4, 0.5) is 11.4 Å². The van der Waals surface area contributed by atoms with Gasteiger partial charge in [0.25, 0.3) is 17.2 Å². The van der Waals surface area contributed by atoms with Crippen LogP contribution in [-0.4, -0.2) is 45.3 Å². The summed E-state index contributed by atoms with van der Waals surface area (Å²) in [5.74, 6) is -0.962. The summed E-state index contributed by atoms with van der Waals surface area (Å²) in [4.78, 5) is 53.2. The van der Waals surface area contributed by atoms with Crippen LogP contribution in [0.5, 0.6) is 5.75 Å². The lowest BCUT2D eigenvalue weighted by molar-refractivity contribution is -0.384. The highest BCUT2D eigenvalue weighted by Gasteiger charge is 2.22. The van der Waals surface area contributed by atoms with Gasteiger partial charge in [0, 0.05) is 18.7 Å². The number of hydrogen-bond acceptors (Lipinski definition) is 9. The number of methoxy groups -OCH3 is 1. The highest BCUT2D eigenvalue weighted by molar-refractivity contribution is 7.99. The first kappa shape index (κ1) is 27.7. The predicted octanol–water partition coefficient (Wildman–Crippen LogP) is 4.02. The third-order valence-corrected chi connectivity index (χ3v) is 6.35. The fourth-order valence-corrected chi connectivity index (χ4v) is 4.20. The number of esters is 1. The number of ether oxygens (including phenoxy) is 2. The van der Waals surface area contributed by atoms with E-state index in [9.17, 15) is 24.5 Å². The maximum Gasteiger partial charge on any atom is 0.317 e. The molecule has 1 atom stereocenters. The largest absolute Gasteiger partial charge is 0.495 e. The topological polar surface area (TPSA) is 143 Å². The van der Waals surface area contributed by atoms with Crippen molar-refractivity contribution < 1.29 is 24.0 Å². The minimum atomic E-state index is -1.19. The Bertz CT molecular complexity index is 1370. The highest BCUT2D eigenvalue weighted by Crippen LogP contribution is 2.29. The average Bonchev–Trinajstić information content (AvgIpc) is 2.86. The number of nitro benzene ring substituents is 1. The van der Waals surface area contributed by atoms with Gasteiger partial charge in [0.05, 0.1) is 34.4 Å². The number of fused-ring (bicyclic) bond motifs is 1. The molecule has 2 aromatic carbocycles.